The Balaban J connectivity index is 1.13. The lowest BCUT2D eigenvalue weighted by Crippen LogP contribution is -2.35. The topological polar surface area (TPSA) is 72.6 Å². The van der Waals surface area contributed by atoms with Gasteiger partial charge in [-0.2, -0.15) is 4.99 Å². The van der Waals surface area contributed by atoms with Gasteiger partial charge in [0.1, 0.15) is 12.1 Å². The molecule has 0 radical (unpaired) electrons. The molecule has 11 heteroatoms. The number of rotatable bonds is 8. The number of ether oxygens (including phenoxy) is 1. The van der Waals surface area contributed by atoms with Crippen molar-refractivity contribution in [3.05, 3.63) is 90.3 Å². The molecule has 2 fully saturated rings. The Morgan fingerprint density at radius 3 is 2.49 bits per heavy atom. The van der Waals surface area contributed by atoms with Gasteiger partial charge in [-0.3, -0.25) is 4.79 Å². The van der Waals surface area contributed by atoms with E-state index in [9.17, 15) is 18.0 Å². The van der Waals surface area contributed by atoms with Crippen LogP contribution in [0.2, 0.25) is 0 Å². The summed E-state index contributed by atoms with van der Waals surface area (Å²) in [5.41, 5.74) is 4.60. The third-order valence-corrected chi connectivity index (χ3v) is 8.86. The molecule has 1 aromatic heterocycles. The average molecular weight is 606 g/mol. The van der Waals surface area contributed by atoms with Crippen molar-refractivity contribution in [2.24, 2.45) is 4.99 Å². The number of amidine groups is 1. The Labute approximate surface area is 251 Å². The van der Waals surface area contributed by atoms with Crippen molar-refractivity contribution in [1.29, 1.82) is 0 Å². The molecule has 3 aromatic carbocycles. The summed E-state index contributed by atoms with van der Waals surface area (Å²) in [7, 11) is 0. The molecule has 1 aliphatic carbocycles. The third-order valence-electron chi connectivity index (χ3n) is 7.80. The molecule has 0 bridgehead atoms. The van der Waals surface area contributed by atoms with Gasteiger partial charge < -0.3 is 9.64 Å². The molecule has 2 heterocycles. The maximum Gasteiger partial charge on any atom is 0.573 e. The SMILES string of the molecule is CCc1ccccc1N1CCCSC1=NC(=O)CC1(c2ccc(-c3ncn(-c4ccc(OC(F)(F)F)cc4)n3)cc2)CC1. The van der Waals surface area contributed by atoms with Crippen LogP contribution in [-0.2, 0) is 16.6 Å². The van der Waals surface area contributed by atoms with Crippen LogP contribution in [0.1, 0.15) is 43.7 Å². The van der Waals surface area contributed by atoms with Gasteiger partial charge >= 0.3 is 6.36 Å². The summed E-state index contributed by atoms with van der Waals surface area (Å²) < 4.78 is 42.7. The molecule has 1 aliphatic heterocycles. The van der Waals surface area contributed by atoms with Crippen LogP contribution in [0.25, 0.3) is 17.1 Å². The number of carbonyl (C=O) groups excluding carboxylic acids is 1. The number of halogens is 3. The second-order valence-electron chi connectivity index (χ2n) is 10.7. The van der Waals surface area contributed by atoms with E-state index in [-0.39, 0.29) is 17.1 Å². The minimum Gasteiger partial charge on any atom is -0.406 e. The number of aliphatic imine (C=N–C) groups is 1. The summed E-state index contributed by atoms with van der Waals surface area (Å²) in [5.74, 6) is 1.03. The summed E-state index contributed by atoms with van der Waals surface area (Å²) in [4.78, 5) is 24.5. The van der Waals surface area contributed by atoms with E-state index in [1.807, 2.05) is 36.4 Å². The zero-order valence-corrected chi connectivity index (χ0v) is 24.4. The molecule has 0 spiro atoms. The maximum atomic E-state index is 13.3. The van der Waals surface area contributed by atoms with E-state index < -0.39 is 6.36 Å². The number of hydrogen-bond acceptors (Lipinski definition) is 5. The monoisotopic (exact) mass is 605 g/mol. The fourth-order valence-electron chi connectivity index (χ4n) is 5.40. The lowest BCUT2D eigenvalue weighted by atomic mass is 9.91. The van der Waals surface area contributed by atoms with Gasteiger partial charge in [-0.1, -0.05) is 61.2 Å². The van der Waals surface area contributed by atoms with Crippen molar-refractivity contribution >= 4 is 28.5 Å². The zero-order chi connectivity index (χ0) is 30.0. The summed E-state index contributed by atoms with van der Waals surface area (Å²) in [6.45, 7) is 2.99. The first-order valence-corrected chi connectivity index (χ1v) is 15.2. The number of carbonyl (C=O) groups is 1. The molecule has 43 heavy (non-hydrogen) atoms. The van der Waals surface area contributed by atoms with Gasteiger partial charge in [0.2, 0.25) is 5.91 Å². The van der Waals surface area contributed by atoms with Crippen molar-refractivity contribution in [1.82, 2.24) is 14.8 Å². The maximum absolute atomic E-state index is 13.3. The van der Waals surface area contributed by atoms with E-state index in [1.165, 1.54) is 40.8 Å². The van der Waals surface area contributed by atoms with Crippen molar-refractivity contribution < 1.29 is 22.7 Å². The van der Waals surface area contributed by atoms with Crippen LogP contribution in [0, 0.1) is 0 Å². The molecule has 1 saturated heterocycles. The van der Waals surface area contributed by atoms with Crippen LogP contribution in [-0.4, -0.2) is 44.5 Å². The van der Waals surface area contributed by atoms with Gasteiger partial charge in [-0.25, -0.2) is 9.67 Å². The molecule has 222 valence electrons. The van der Waals surface area contributed by atoms with Crippen LogP contribution in [0.3, 0.4) is 0 Å². The lowest BCUT2D eigenvalue weighted by molar-refractivity contribution is -0.274. The number of alkyl halides is 3. The van der Waals surface area contributed by atoms with Gasteiger partial charge in [-0.15, -0.1) is 18.3 Å². The molecule has 2 aliphatic rings. The Morgan fingerprint density at radius 1 is 1.05 bits per heavy atom. The number of aromatic nitrogens is 3. The van der Waals surface area contributed by atoms with Crippen LogP contribution in [0.4, 0.5) is 18.9 Å². The van der Waals surface area contributed by atoms with Crippen molar-refractivity contribution in [3.8, 4) is 22.8 Å². The number of benzene rings is 3. The molecule has 0 unspecified atom stereocenters. The fourth-order valence-corrected chi connectivity index (χ4v) is 6.36. The summed E-state index contributed by atoms with van der Waals surface area (Å²) >= 11 is 1.65. The van der Waals surface area contributed by atoms with Gasteiger partial charge in [0, 0.05) is 35.4 Å². The van der Waals surface area contributed by atoms with Gasteiger partial charge in [0.25, 0.3) is 0 Å². The predicted octanol–water partition coefficient (Wildman–Crippen LogP) is 7.34. The first-order chi connectivity index (χ1) is 20.7. The Morgan fingerprint density at radius 2 is 1.79 bits per heavy atom. The lowest BCUT2D eigenvalue weighted by Gasteiger charge is -2.31. The number of amides is 1. The molecule has 6 rings (SSSR count). The number of para-hydroxylation sites is 1. The smallest absolute Gasteiger partial charge is 0.406 e. The Bertz CT molecular complexity index is 1630. The minimum atomic E-state index is -4.75. The number of nitrogens with zero attached hydrogens (tertiary/aromatic N) is 5. The second-order valence-corrected chi connectivity index (χ2v) is 11.8. The first-order valence-electron chi connectivity index (χ1n) is 14.2. The van der Waals surface area contributed by atoms with E-state index in [4.69, 9.17) is 0 Å². The second kappa shape index (κ2) is 11.9. The Kier molecular flexibility index (Phi) is 8.00. The first kappa shape index (κ1) is 29.0. The van der Waals surface area contributed by atoms with Crippen LogP contribution in [0.15, 0.2) is 84.1 Å². The molecule has 0 N–H and O–H groups in total. The molecule has 1 amide bonds. The highest BCUT2D eigenvalue weighted by Gasteiger charge is 2.46. The average Bonchev–Trinajstić information content (AvgIpc) is 3.61. The summed E-state index contributed by atoms with van der Waals surface area (Å²) in [6.07, 6.45) is 0.947. The number of anilines is 1. The van der Waals surface area contributed by atoms with Gasteiger partial charge in [0.05, 0.1) is 5.69 Å². The van der Waals surface area contributed by atoms with E-state index in [0.717, 1.165) is 60.0 Å². The zero-order valence-electron chi connectivity index (χ0n) is 23.6. The fraction of sp³-hybridized carbons (Fsp3) is 0.312. The molecular formula is C32H30F3N5O2S. The highest BCUT2D eigenvalue weighted by Crippen LogP contribution is 2.51. The van der Waals surface area contributed by atoms with Crippen LogP contribution >= 0.6 is 11.8 Å². The van der Waals surface area contributed by atoms with Crippen molar-refractivity contribution in [2.45, 2.75) is 50.8 Å². The van der Waals surface area contributed by atoms with E-state index in [1.54, 1.807) is 11.8 Å². The van der Waals surface area contributed by atoms with E-state index >= 15 is 0 Å². The van der Waals surface area contributed by atoms with Crippen LogP contribution in [0.5, 0.6) is 5.75 Å². The van der Waals surface area contributed by atoms with Gasteiger partial charge in [-0.05, 0) is 67.1 Å². The summed E-state index contributed by atoms with van der Waals surface area (Å²) in [5, 5.41) is 5.27. The molecular weight excluding hydrogens is 575 g/mol. The number of aryl methyl sites for hydroxylation is 1. The Hall–Kier alpha value is -4.12. The highest BCUT2D eigenvalue weighted by atomic mass is 32.2. The van der Waals surface area contributed by atoms with Gasteiger partial charge in [0.15, 0.2) is 11.0 Å². The quantitative estimate of drug-likeness (QED) is 0.209. The molecule has 7 nitrogen and oxygen atoms in total. The molecule has 0 atom stereocenters. The van der Waals surface area contributed by atoms with E-state index in [2.05, 4.69) is 43.8 Å². The number of thioether (sulfide) groups is 1. The predicted molar refractivity (Wildman–Crippen MR) is 162 cm³/mol. The minimum absolute atomic E-state index is 0.1000. The van der Waals surface area contributed by atoms with Crippen molar-refractivity contribution in [3.63, 3.8) is 0 Å². The molecule has 4 aromatic rings. The van der Waals surface area contributed by atoms with Crippen LogP contribution < -0.4 is 9.64 Å². The third kappa shape index (κ3) is 6.61. The van der Waals surface area contributed by atoms with E-state index in [0.29, 0.717) is 17.9 Å². The largest absolute Gasteiger partial charge is 0.573 e. The normalized spacial score (nSPS) is 17.2. The van der Waals surface area contributed by atoms with Crippen molar-refractivity contribution in [2.75, 3.05) is 17.2 Å². The molecule has 1 saturated carbocycles. The highest BCUT2D eigenvalue weighted by molar-refractivity contribution is 8.14. The number of hydrogen-bond donors (Lipinski definition) is 0. The standard InChI is InChI=1S/C32H30F3N5O2S/c1-2-22-6-3-4-7-27(22)39-18-5-19-43-30(39)37-28(41)20-31(16-17-31)24-10-8-23(9-11-24)29-36-21-40(38-29)25-12-14-26(15-13-25)42-32(33,34)35/h3-4,6-15,21H,2,5,16-20H2,1H3. The summed E-state index contributed by atoms with van der Waals surface area (Å²) in [6, 6.07) is 21.6.